The molecule has 1 aromatic carbocycles. The predicted molar refractivity (Wildman–Crippen MR) is 54.0 cm³/mol. The van der Waals surface area contributed by atoms with E-state index in [9.17, 15) is 9.50 Å². The minimum Gasteiger partial charge on any atom is -0.388 e. The van der Waals surface area contributed by atoms with Crippen molar-refractivity contribution in [2.75, 3.05) is 0 Å². The molecule has 0 bridgehead atoms. The first-order chi connectivity index (χ1) is 6.15. The zero-order valence-electron chi connectivity index (χ0n) is 7.43. The molecular weight excluding hydrogens is 235 g/mol. The highest BCUT2D eigenvalue weighted by Crippen LogP contribution is 2.23. The first-order valence-electron chi connectivity index (χ1n) is 4.28. The third-order valence-corrected chi connectivity index (χ3v) is 2.38. The van der Waals surface area contributed by atoms with E-state index < -0.39 is 6.10 Å². The van der Waals surface area contributed by atoms with Crippen molar-refractivity contribution in [2.24, 2.45) is 0 Å². The van der Waals surface area contributed by atoms with Gasteiger partial charge < -0.3 is 5.11 Å². The second-order valence-electron chi connectivity index (χ2n) is 2.97. The van der Waals surface area contributed by atoms with Crippen LogP contribution in [0.4, 0.5) is 4.39 Å². The Morgan fingerprint density at radius 3 is 2.77 bits per heavy atom. The molecule has 0 spiro atoms. The Morgan fingerprint density at radius 2 is 2.23 bits per heavy atom. The van der Waals surface area contributed by atoms with Crippen LogP contribution in [0.2, 0.25) is 0 Å². The number of aliphatic hydroxyl groups excluding tert-OH is 1. The average Bonchev–Trinajstić information content (AvgIpc) is 2.04. The van der Waals surface area contributed by atoms with Crippen LogP contribution in [0.15, 0.2) is 22.7 Å². The highest BCUT2D eigenvalue weighted by atomic mass is 79.9. The molecule has 1 aromatic rings. The smallest absolute Gasteiger partial charge is 0.130 e. The first kappa shape index (κ1) is 10.7. The van der Waals surface area contributed by atoms with Gasteiger partial charge in [0.1, 0.15) is 5.82 Å². The Morgan fingerprint density at radius 1 is 1.54 bits per heavy atom. The summed E-state index contributed by atoms with van der Waals surface area (Å²) in [5.41, 5.74) is 0.380. The summed E-state index contributed by atoms with van der Waals surface area (Å²) in [4.78, 5) is 0. The van der Waals surface area contributed by atoms with Gasteiger partial charge in [-0.3, -0.25) is 0 Å². The molecule has 1 atom stereocenters. The van der Waals surface area contributed by atoms with Gasteiger partial charge in [-0.15, -0.1) is 0 Å². The Bertz CT molecular complexity index is 288. The second kappa shape index (κ2) is 4.72. The van der Waals surface area contributed by atoms with Crippen molar-refractivity contribution < 1.29 is 9.50 Å². The molecule has 1 nitrogen and oxygen atoms in total. The van der Waals surface area contributed by atoms with Gasteiger partial charge in [0.2, 0.25) is 0 Å². The van der Waals surface area contributed by atoms with Gasteiger partial charge in [0.15, 0.2) is 0 Å². The van der Waals surface area contributed by atoms with E-state index in [4.69, 9.17) is 0 Å². The van der Waals surface area contributed by atoms with Crippen LogP contribution in [0.5, 0.6) is 0 Å². The zero-order valence-corrected chi connectivity index (χ0v) is 9.01. The van der Waals surface area contributed by atoms with E-state index in [1.54, 1.807) is 12.1 Å². The lowest BCUT2D eigenvalue weighted by molar-refractivity contribution is 0.162. The molecule has 72 valence electrons. The Hall–Kier alpha value is -0.410. The molecule has 0 saturated carbocycles. The number of aliphatic hydroxyl groups is 1. The van der Waals surface area contributed by atoms with Crippen molar-refractivity contribution in [1.29, 1.82) is 0 Å². The molecule has 1 N–H and O–H groups in total. The summed E-state index contributed by atoms with van der Waals surface area (Å²) in [5.74, 6) is -0.352. The normalized spacial score (nSPS) is 12.9. The van der Waals surface area contributed by atoms with E-state index in [0.29, 0.717) is 16.5 Å². The number of hydrogen-bond acceptors (Lipinski definition) is 1. The molecule has 0 unspecified atom stereocenters. The number of benzene rings is 1. The summed E-state index contributed by atoms with van der Waals surface area (Å²) in [7, 11) is 0. The third kappa shape index (κ3) is 2.78. The molecule has 0 fully saturated rings. The monoisotopic (exact) mass is 246 g/mol. The van der Waals surface area contributed by atoms with Gasteiger partial charge in [-0.25, -0.2) is 4.39 Å². The van der Waals surface area contributed by atoms with Crippen molar-refractivity contribution in [3.63, 3.8) is 0 Å². The zero-order chi connectivity index (χ0) is 9.84. The number of rotatable bonds is 3. The Balaban J connectivity index is 2.88. The van der Waals surface area contributed by atoms with Crippen LogP contribution in [0, 0.1) is 5.82 Å². The van der Waals surface area contributed by atoms with Crippen molar-refractivity contribution in [3.8, 4) is 0 Å². The van der Waals surface area contributed by atoms with Crippen LogP contribution in [0.1, 0.15) is 31.4 Å². The van der Waals surface area contributed by atoms with Gasteiger partial charge in [-0.1, -0.05) is 35.3 Å². The molecule has 1 rings (SSSR count). The maximum Gasteiger partial charge on any atom is 0.130 e. The summed E-state index contributed by atoms with van der Waals surface area (Å²) < 4.78 is 13.9. The SMILES string of the molecule is CCC[C@H](O)c1ccc(Br)cc1F. The summed E-state index contributed by atoms with van der Waals surface area (Å²) in [6, 6.07) is 4.71. The van der Waals surface area contributed by atoms with Crippen molar-refractivity contribution in [2.45, 2.75) is 25.9 Å². The molecule has 0 saturated heterocycles. The van der Waals surface area contributed by atoms with Crippen LogP contribution in [0.25, 0.3) is 0 Å². The summed E-state index contributed by atoms with van der Waals surface area (Å²) >= 11 is 3.16. The Labute approximate surface area is 85.7 Å². The van der Waals surface area contributed by atoms with Crippen molar-refractivity contribution >= 4 is 15.9 Å². The molecule has 0 radical (unpaired) electrons. The van der Waals surface area contributed by atoms with Crippen LogP contribution < -0.4 is 0 Å². The lowest BCUT2D eigenvalue weighted by Crippen LogP contribution is -1.99. The van der Waals surface area contributed by atoms with E-state index in [2.05, 4.69) is 15.9 Å². The van der Waals surface area contributed by atoms with E-state index in [0.717, 1.165) is 6.42 Å². The van der Waals surface area contributed by atoms with E-state index >= 15 is 0 Å². The van der Waals surface area contributed by atoms with Gasteiger partial charge in [0.05, 0.1) is 6.10 Å². The molecule has 0 amide bonds. The van der Waals surface area contributed by atoms with Gasteiger partial charge >= 0.3 is 0 Å². The van der Waals surface area contributed by atoms with Gasteiger partial charge in [0.25, 0.3) is 0 Å². The van der Waals surface area contributed by atoms with Crippen LogP contribution >= 0.6 is 15.9 Å². The quantitative estimate of drug-likeness (QED) is 0.867. The number of halogens is 2. The summed E-state index contributed by atoms with van der Waals surface area (Å²) in [5, 5.41) is 9.54. The largest absolute Gasteiger partial charge is 0.388 e. The van der Waals surface area contributed by atoms with Crippen LogP contribution in [-0.2, 0) is 0 Å². The fourth-order valence-corrected chi connectivity index (χ4v) is 1.53. The van der Waals surface area contributed by atoms with Gasteiger partial charge in [-0.2, -0.15) is 0 Å². The van der Waals surface area contributed by atoms with Crippen LogP contribution in [0.3, 0.4) is 0 Å². The van der Waals surface area contributed by atoms with E-state index in [1.807, 2.05) is 6.92 Å². The molecule has 0 aliphatic heterocycles. The minimum atomic E-state index is -0.682. The molecule has 0 aromatic heterocycles. The number of hydrogen-bond donors (Lipinski definition) is 1. The van der Waals surface area contributed by atoms with Gasteiger partial charge in [-0.05, 0) is 18.6 Å². The first-order valence-corrected chi connectivity index (χ1v) is 5.07. The minimum absolute atomic E-state index is 0.352. The summed E-state index contributed by atoms with van der Waals surface area (Å²) in [6.45, 7) is 1.96. The van der Waals surface area contributed by atoms with Gasteiger partial charge in [0, 0.05) is 10.0 Å². The molecule has 0 heterocycles. The molecule has 0 aliphatic rings. The standard InChI is InChI=1S/C10H12BrFO/c1-2-3-10(13)8-5-4-7(11)6-9(8)12/h4-6,10,13H,2-3H2,1H3/t10-/m0/s1. The predicted octanol–water partition coefficient (Wildman–Crippen LogP) is 3.42. The maximum absolute atomic E-state index is 13.2. The fraction of sp³-hybridized carbons (Fsp3) is 0.400. The molecule has 0 aliphatic carbocycles. The van der Waals surface area contributed by atoms with Crippen molar-refractivity contribution in [1.82, 2.24) is 0 Å². The topological polar surface area (TPSA) is 20.2 Å². The third-order valence-electron chi connectivity index (χ3n) is 1.88. The van der Waals surface area contributed by atoms with Crippen LogP contribution in [-0.4, -0.2) is 5.11 Å². The molecule has 3 heteroatoms. The highest BCUT2D eigenvalue weighted by Gasteiger charge is 2.11. The lowest BCUT2D eigenvalue weighted by atomic mass is 10.1. The van der Waals surface area contributed by atoms with E-state index in [-0.39, 0.29) is 5.82 Å². The highest BCUT2D eigenvalue weighted by molar-refractivity contribution is 9.10. The van der Waals surface area contributed by atoms with E-state index in [1.165, 1.54) is 6.07 Å². The van der Waals surface area contributed by atoms with Crippen molar-refractivity contribution in [3.05, 3.63) is 34.1 Å². The molecule has 13 heavy (non-hydrogen) atoms. The maximum atomic E-state index is 13.2. The fourth-order valence-electron chi connectivity index (χ4n) is 1.20. The lowest BCUT2D eigenvalue weighted by Gasteiger charge is -2.10. The second-order valence-corrected chi connectivity index (χ2v) is 3.89. The molecular formula is C10H12BrFO. The Kier molecular flexibility index (Phi) is 3.88. The average molecular weight is 247 g/mol. The summed E-state index contributed by atoms with van der Waals surface area (Å²) in [6.07, 6.45) is 0.757.